The number of hydrogen-bond acceptors (Lipinski definition) is 9. The highest BCUT2D eigenvalue weighted by Crippen LogP contribution is 2.37. The number of amides is 1. The number of halogens is 1. The van der Waals surface area contributed by atoms with Gasteiger partial charge in [0.05, 0.1) is 44.6 Å². The predicted octanol–water partition coefficient (Wildman–Crippen LogP) is 5.48. The van der Waals surface area contributed by atoms with E-state index in [0.717, 1.165) is 65.8 Å². The van der Waals surface area contributed by atoms with Crippen LogP contribution < -0.4 is 9.46 Å². The minimum absolute atomic E-state index is 0.0211. The fraction of sp³-hybridized carbons (Fsp3) is 0.312. The van der Waals surface area contributed by atoms with Crippen molar-refractivity contribution in [3.63, 3.8) is 0 Å². The maximum atomic E-state index is 13.6. The van der Waals surface area contributed by atoms with Gasteiger partial charge in [0.1, 0.15) is 23.2 Å². The number of fused-ring (bicyclic) bond motifs is 2. The molecule has 234 valence electrons. The quantitative estimate of drug-likeness (QED) is 0.197. The van der Waals surface area contributed by atoms with Crippen LogP contribution in [0.25, 0.3) is 31.8 Å². The van der Waals surface area contributed by atoms with Crippen molar-refractivity contribution in [1.82, 2.24) is 24.6 Å². The van der Waals surface area contributed by atoms with E-state index in [1.807, 2.05) is 30.0 Å². The molecule has 10 nitrogen and oxygen atoms in total. The van der Waals surface area contributed by atoms with Crippen molar-refractivity contribution in [2.24, 2.45) is 0 Å². The summed E-state index contributed by atoms with van der Waals surface area (Å²) in [5.74, 6) is 0.0316. The minimum Gasteiger partial charge on any atom is -0.492 e. The lowest BCUT2D eigenvalue weighted by Crippen LogP contribution is -2.35. The first-order chi connectivity index (χ1) is 21.7. The molecule has 0 bridgehead atoms. The number of thiazole rings is 1. The number of benzene rings is 3. The third kappa shape index (κ3) is 6.81. The summed E-state index contributed by atoms with van der Waals surface area (Å²) in [6.07, 6.45) is 4.79. The molecule has 5 aromatic rings. The van der Waals surface area contributed by atoms with E-state index in [4.69, 9.17) is 24.4 Å². The number of nitrogens with zero attached hydrogens (tertiary/aromatic N) is 4. The number of ether oxygens (including phenoxy) is 2. The van der Waals surface area contributed by atoms with Gasteiger partial charge in [-0.25, -0.2) is 27.5 Å². The van der Waals surface area contributed by atoms with Crippen LogP contribution in [-0.2, 0) is 21.4 Å². The van der Waals surface area contributed by atoms with Crippen molar-refractivity contribution in [2.45, 2.75) is 37.7 Å². The number of rotatable bonds is 10. The van der Waals surface area contributed by atoms with E-state index in [1.165, 1.54) is 23.5 Å². The molecule has 0 atom stereocenters. The summed E-state index contributed by atoms with van der Waals surface area (Å²) in [6, 6.07) is 12.0. The molecule has 1 aliphatic heterocycles. The van der Waals surface area contributed by atoms with Crippen molar-refractivity contribution < 1.29 is 27.1 Å². The lowest BCUT2D eigenvalue weighted by molar-refractivity contribution is 0.0724. The van der Waals surface area contributed by atoms with Gasteiger partial charge in [-0.1, -0.05) is 0 Å². The Labute approximate surface area is 264 Å². The van der Waals surface area contributed by atoms with Crippen LogP contribution in [-0.4, -0.2) is 67.5 Å². The Morgan fingerprint density at radius 2 is 1.82 bits per heavy atom. The predicted molar refractivity (Wildman–Crippen MR) is 170 cm³/mol. The smallest absolute Gasteiger partial charge is 0.253 e. The highest BCUT2D eigenvalue weighted by atomic mass is 32.2. The zero-order valence-corrected chi connectivity index (χ0v) is 26.5. The van der Waals surface area contributed by atoms with Gasteiger partial charge in [-0.05, 0) is 80.3 Å². The summed E-state index contributed by atoms with van der Waals surface area (Å²) in [6.45, 7) is 3.82. The number of nitrogens with one attached hydrogen (secondary N) is 1. The lowest BCUT2D eigenvalue weighted by atomic mass is 10.0. The van der Waals surface area contributed by atoms with Crippen LogP contribution in [0.5, 0.6) is 5.75 Å². The highest BCUT2D eigenvalue weighted by Gasteiger charge is 2.22. The average molecular weight is 650 g/mol. The Bertz CT molecular complexity index is 1980. The number of carbonyl (C=O) groups is 1. The fourth-order valence-corrected chi connectivity index (χ4v) is 7.45. The fourth-order valence-electron chi connectivity index (χ4n) is 5.35. The third-order valence-corrected chi connectivity index (χ3v) is 10.1. The zero-order chi connectivity index (χ0) is 31.6. The highest BCUT2D eigenvalue weighted by molar-refractivity contribution is 7.89. The number of piperidine rings is 1. The van der Waals surface area contributed by atoms with Crippen LogP contribution in [0, 0.1) is 12.7 Å². The summed E-state index contributed by atoms with van der Waals surface area (Å²) in [7, 11) is -2.19. The molecule has 0 unspecified atom stereocenters. The standard InChI is InChI=1S/C32H32FN5O5S2/c1-20-14-24(43-13-10-35-45(40,41)25-8-6-22(33)7-9-25)17-28-29(20)37-31(44-28)26-15-21(32(39)38-11-4-3-5-12-38)16-27-30(26)34-18-23(36-27)19-42-2/h6-9,14-18,35H,3-5,10-13,19H2,1-2H3. The van der Waals surface area contributed by atoms with Gasteiger partial charge in [0, 0.05) is 37.9 Å². The SMILES string of the molecule is COCc1cnc2c(-c3nc4c(C)cc(OCCNS(=O)(=O)c5ccc(F)cc5)cc4s3)cc(C(=O)N3CCCCC3)cc2n1. The summed E-state index contributed by atoms with van der Waals surface area (Å²) in [5, 5.41) is 0.699. The van der Waals surface area contributed by atoms with Crippen LogP contribution in [0.4, 0.5) is 4.39 Å². The van der Waals surface area contributed by atoms with Gasteiger partial charge in [0.15, 0.2) is 0 Å². The van der Waals surface area contributed by atoms with E-state index in [-0.39, 0.29) is 24.0 Å². The van der Waals surface area contributed by atoms with Crippen LogP contribution in [0.2, 0.25) is 0 Å². The molecule has 0 spiro atoms. The molecule has 0 aliphatic carbocycles. The number of aromatic nitrogens is 3. The van der Waals surface area contributed by atoms with Gasteiger partial charge in [0.25, 0.3) is 5.91 Å². The van der Waals surface area contributed by atoms with E-state index in [2.05, 4.69) is 4.72 Å². The van der Waals surface area contributed by atoms with Crippen LogP contribution in [0.1, 0.15) is 40.9 Å². The Balaban J connectivity index is 1.27. The van der Waals surface area contributed by atoms with Crippen LogP contribution in [0.15, 0.2) is 59.6 Å². The number of likely N-dealkylation sites (tertiary alicyclic amines) is 1. The van der Waals surface area contributed by atoms with Crippen LogP contribution >= 0.6 is 11.3 Å². The molecule has 13 heteroatoms. The second kappa shape index (κ2) is 13.1. The molecular formula is C32H32FN5O5S2. The maximum absolute atomic E-state index is 13.6. The summed E-state index contributed by atoms with van der Waals surface area (Å²) in [5.41, 5.74) is 4.87. The Morgan fingerprint density at radius 1 is 1.04 bits per heavy atom. The number of hydrogen-bond donors (Lipinski definition) is 1. The van der Waals surface area contributed by atoms with Gasteiger partial charge < -0.3 is 14.4 Å². The molecule has 0 radical (unpaired) electrons. The first-order valence-corrected chi connectivity index (χ1v) is 16.9. The molecule has 45 heavy (non-hydrogen) atoms. The van der Waals surface area contributed by atoms with Crippen molar-refractivity contribution in [3.8, 4) is 16.3 Å². The molecule has 3 heterocycles. The lowest BCUT2D eigenvalue weighted by Gasteiger charge is -2.27. The van der Waals surface area contributed by atoms with E-state index in [9.17, 15) is 17.6 Å². The van der Waals surface area contributed by atoms with E-state index in [0.29, 0.717) is 39.7 Å². The molecule has 1 saturated heterocycles. The van der Waals surface area contributed by atoms with Crippen molar-refractivity contribution >= 4 is 48.5 Å². The molecular weight excluding hydrogens is 618 g/mol. The molecule has 3 aromatic carbocycles. The molecule has 0 saturated carbocycles. The molecule has 6 rings (SSSR count). The maximum Gasteiger partial charge on any atom is 0.253 e. The average Bonchev–Trinajstić information content (AvgIpc) is 3.48. The minimum atomic E-state index is -3.79. The van der Waals surface area contributed by atoms with Gasteiger partial charge >= 0.3 is 0 Å². The second-order valence-electron chi connectivity index (χ2n) is 10.8. The Morgan fingerprint density at radius 3 is 2.58 bits per heavy atom. The summed E-state index contributed by atoms with van der Waals surface area (Å²) >= 11 is 1.46. The first-order valence-electron chi connectivity index (χ1n) is 14.6. The first kappa shape index (κ1) is 31.0. The van der Waals surface area contributed by atoms with Crippen molar-refractivity contribution in [3.05, 3.63) is 77.4 Å². The van der Waals surface area contributed by atoms with Gasteiger partial charge in [-0.3, -0.25) is 9.78 Å². The zero-order valence-electron chi connectivity index (χ0n) is 24.9. The number of carbonyl (C=O) groups excluding carboxylic acids is 1. The third-order valence-electron chi connectivity index (χ3n) is 7.56. The number of methoxy groups -OCH3 is 1. The summed E-state index contributed by atoms with van der Waals surface area (Å²) in [4.78, 5) is 29.8. The molecule has 1 amide bonds. The van der Waals surface area contributed by atoms with E-state index < -0.39 is 15.8 Å². The van der Waals surface area contributed by atoms with Crippen molar-refractivity contribution in [1.29, 1.82) is 0 Å². The van der Waals surface area contributed by atoms with Gasteiger partial charge in [0.2, 0.25) is 10.0 Å². The second-order valence-corrected chi connectivity index (χ2v) is 13.6. The van der Waals surface area contributed by atoms with E-state index >= 15 is 0 Å². The topological polar surface area (TPSA) is 124 Å². The molecule has 2 aromatic heterocycles. The monoisotopic (exact) mass is 649 g/mol. The number of aryl methyl sites for hydroxylation is 1. The molecule has 1 N–H and O–H groups in total. The van der Waals surface area contributed by atoms with Crippen molar-refractivity contribution in [2.75, 3.05) is 33.4 Å². The Hall–Kier alpha value is -4.04. The number of sulfonamides is 1. The largest absolute Gasteiger partial charge is 0.492 e. The molecule has 1 fully saturated rings. The normalized spacial score (nSPS) is 13.9. The van der Waals surface area contributed by atoms with Gasteiger partial charge in [-0.2, -0.15) is 0 Å². The summed E-state index contributed by atoms with van der Waals surface area (Å²) < 4.78 is 52.6. The molecule has 1 aliphatic rings. The van der Waals surface area contributed by atoms with E-state index in [1.54, 1.807) is 19.4 Å². The van der Waals surface area contributed by atoms with Gasteiger partial charge in [-0.15, -0.1) is 11.3 Å². The van der Waals surface area contributed by atoms with Crippen LogP contribution in [0.3, 0.4) is 0 Å². The Kier molecular flexibility index (Phi) is 9.04.